The van der Waals surface area contributed by atoms with Gasteiger partial charge in [-0.2, -0.15) is 0 Å². The molecule has 9 heteroatoms. The second kappa shape index (κ2) is 8.32. The summed E-state index contributed by atoms with van der Waals surface area (Å²) in [5.74, 6) is 0.732. The Balaban J connectivity index is 1.31. The summed E-state index contributed by atoms with van der Waals surface area (Å²) >= 11 is 2.24. The van der Waals surface area contributed by atoms with Gasteiger partial charge in [0.05, 0.1) is 53.0 Å². The molecule has 32 heavy (non-hydrogen) atoms. The average molecular weight is 581 g/mol. The number of aromatic nitrogens is 2. The zero-order valence-corrected chi connectivity index (χ0v) is 22.8. The van der Waals surface area contributed by atoms with Crippen LogP contribution in [0.3, 0.4) is 0 Å². The number of rotatable bonds is 4. The van der Waals surface area contributed by atoms with Crippen LogP contribution in [0.1, 0.15) is 44.6 Å². The van der Waals surface area contributed by atoms with E-state index >= 15 is 0 Å². The second-order valence-corrected chi connectivity index (χ2v) is 13.6. The van der Waals surface area contributed by atoms with Gasteiger partial charge in [-0.1, -0.05) is 37.3 Å². The number of hydrogen-bond acceptors (Lipinski definition) is 4. The number of carbonyl (C=O) groups is 1. The molecule has 1 saturated carbocycles. The largest absolute Gasteiger partial charge is 0.338 e. The number of halogens is 1. The maximum atomic E-state index is 13.2. The average Bonchev–Trinajstić information content (AvgIpc) is 3.04. The number of nitrogens with zero attached hydrogens (tertiary/aromatic N) is 5. The highest BCUT2D eigenvalue weighted by Crippen LogP contribution is 2.51. The third kappa shape index (κ3) is 3.82. The molecule has 2 atom stereocenters. The fourth-order valence-corrected chi connectivity index (χ4v) is 7.32. The molecule has 2 aliphatic heterocycles. The van der Waals surface area contributed by atoms with Crippen LogP contribution in [0.25, 0.3) is 0 Å². The van der Waals surface area contributed by atoms with Crippen molar-refractivity contribution in [2.75, 3.05) is 29.4 Å². The fraction of sp³-hybridized carbons (Fsp3) is 0.522. The number of amides is 2. The number of carbonyl (C=O) groups excluding carboxylic acids is 1. The minimum Gasteiger partial charge on any atom is -0.338 e. The van der Waals surface area contributed by atoms with Crippen LogP contribution in [0, 0.1) is 0 Å². The van der Waals surface area contributed by atoms with Crippen molar-refractivity contribution < 1.29 is 4.79 Å². The van der Waals surface area contributed by atoms with Gasteiger partial charge >= 0.3 is 6.03 Å². The molecule has 5 rings (SSSR count). The Labute approximate surface area is 208 Å². The molecule has 3 heterocycles. The summed E-state index contributed by atoms with van der Waals surface area (Å²) in [4.78, 5) is 26.5. The van der Waals surface area contributed by atoms with Crippen LogP contribution < -0.4 is 9.80 Å². The van der Waals surface area contributed by atoms with Crippen molar-refractivity contribution in [1.29, 1.82) is 0 Å². The van der Waals surface area contributed by atoms with Gasteiger partial charge in [0.1, 0.15) is 0 Å². The van der Waals surface area contributed by atoms with E-state index in [1.807, 2.05) is 8.01 Å². The summed E-state index contributed by atoms with van der Waals surface area (Å²) in [5, 5.41) is 0. The highest BCUT2D eigenvalue weighted by molar-refractivity contribution is 14.1. The Kier molecular flexibility index (Phi) is 5.91. The topological polar surface area (TPSA) is 52.6 Å². The van der Waals surface area contributed by atoms with E-state index in [1.165, 1.54) is 5.56 Å². The van der Waals surface area contributed by atoms with E-state index in [4.69, 9.17) is 0 Å². The highest BCUT2D eigenvalue weighted by Gasteiger charge is 2.53. The molecule has 2 aromatic rings. The Bertz CT molecular complexity index is 987. The van der Waals surface area contributed by atoms with E-state index < -0.39 is 0 Å². The molecule has 1 spiro atoms. The summed E-state index contributed by atoms with van der Waals surface area (Å²) < 4.78 is 1.95. The molecule has 1 aliphatic carbocycles. The van der Waals surface area contributed by atoms with E-state index in [-0.39, 0.29) is 21.9 Å². The number of anilines is 2. The Morgan fingerprint density at radius 3 is 2.19 bits per heavy atom. The molecule has 0 N–H and O–H groups in total. The van der Waals surface area contributed by atoms with E-state index in [2.05, 4.69) is 93.5 Å². The van der Waals surface area contributed by atoms with E-state index in [1.54, 1.807) is 12.4 Å². The number of urea groups is 1. The SMILES string of the molecule is CC[C@]1(c2ccccc2)CC[C@]2(CC1)CN(c1cnc(N3CC(P)(P)C3)nc1)C(=O)N2I. The van der Waals surface area contributed by atoms with Gasteiger partial charge in [0.2, 0.25) is 5.95 Å². The lowest BCUT2D eigenvalue weighted by molar-refractivity contribution is 0.149. The van der Waals surface area contributed by atoms with Crippen LogP contribution in [-0.4, -0.2) is 49.2 Å². The molecule has 2 saturated heterocycles. The fourth-order valence-electron chi connectivity index (χ4n) is 5.54. The van der Waals surface area contributed by atoms with Gasteiger partial charge in [-0.15, -0.1) is 18.5 Å². The summed E-state index contributed by atoms with van der Waals surface area (Å²) in [7, 11) is 5.72. The summed E-state index contributed by atoms with van der Waals surface area (Å²) in [6.45, 7) is 4.80. The molecular formula is C23H30IN5OP2. The standard InChI is InChI=1S/C23H30IN5OP2/c1-2-21(17-6-4-3-5-7-17)8-10-22(11-9-21)14-28(20(30)29(22)24)18-12-25-19(26-13-18)27-15-23(31,32)16-27/h3-7,12-13H,2,8-11,14-16,31-32H2,1H3/t21-,22-. The lowest BCUT2D eigenvalue weighted by Gasteiger charge is -2.46. The van der Waals surface area contributed by atoms with Crippen molar-refractivity contribution in [2.45, 2.75) is 54.9 Å². The quantitative estimate of drug-likeness (QED) is 0.290. The van der Waals surface area contributed by atoms with Crippen molar-refractivity contribution >= 4 is 59.0 Å². The molecule has 170 valence electrons. The maximum Gasteiger partial charge on any atom is 0.334 e. The van der Waals surface area contributed by atoms with Crippen LogP contribution in [-0.2, 0) is 5.41 Å². The van der Waals surface area contributed by atoms with Gasteiger partial charge in [0.15, 0.2) is 0 Å². The highest BCUT2D eigenvalue weighted by atomic mass is 127. The summed E-state index contributed by atoms with van der Waals surface area (Å²) in [6, 6.07) is 11.0. The molecular weight excluding hydrogens is 551 g/mol. The molecule has 2 unspecified atom stereocenters. The Morgan fingerprint density at radius 1 is 1.00 bits per heavy atom. The van der Waals surface area contributed by atoms with E-state index in [0.717, 1.165) is 56.8 Å². The first-order valence-electron chi connectivity index (χ1n) is 11.3. The smallest absolute Gasteiger partial charge is 0.334 e. The normalized spacial score (nSPS) is 29.5. The maximum absolute atomic E-state index is 13.2. The molecule has 6 nitrogen and oxygen atoms in total. The van der Waals surface area contributed by atoms with Crippen LogP contribution in [0.2, 0.25) is 0 Å². The summed E-state index contributed by atoms with van der Waals surface area (Å²) in [6.07, 6.45) is 8.97. The Hall–Kier alpha value is -1.04. The molecule has 1 aromatic carbocycles. The monoisotopic (exact) mass is 581 g/mol. The van der Waals surface area contributed by atoms with Gasteiger partial charge < -0.3 is 4.90 Å². The third-order valence-electron chi connectivity index (χ3n) is 7.66. The first kappa shape index (κ1) is 22.7. The van der Waals surface area contributed by atoms with Crippen molar-refractivity contribution in [1.82, 2.24) is 13.1 Å². The first-order chi connectivity index (χ1) is 15.3. The number of hydrogen-bond donors (Lipinski definition) is 0. The minimum absolute atomic E-state index is 0.0449. The second-order valence-electron chi connectivity index (χ2n) is 9.70. The molecule has 0 radical (unpaired) electrons. The van der Waals surface area contributed by atoms with Crippen LogP contribution in [0.5, 0.6) is 0 Å². The van der Waals surface area contributed by atoms with Gasteiger partial charge in [0.25, 0.3) is 0 Å². The van der Waals surface area contributed by atoms with Gasteiger partial charge in [-0.25, -0.2) is 14.8 Å². The zero-order chi connectivity index (χ0) is 22.6. The van der Waals surface area contributed by atoms with Crippen LogP contribution >= 0.6 is 41.3 Å². The van der Waals surface area contributed by atoms with Crippen molar-refractivity contribution in [2.24, 2.45) is 0 Å². The van der Waals surface area contributed by atoms with E-state index in [9.17, 15) is 4.79 Å². The summed E-state index contributed by atoms with van der Waals surface area (Å²) in [5.41, 5.74) is 2.32. The molecule has 3 fully saturated rings. The van der Waals surface area contributed by atoms with Crippen molar-refractivity contribution in [3.8, 4) is 0 Å². The molecule has 3 aliphatic rings. The van der Waals surface area contributed by atoms with E-state index in [0.29, 0.717) is 6.54 Å². The molecule has 2 amide bonds. The lowest BCUT2D eigenvalue weighted by atomic mass is 9.63. The van der Waals surface area contributed by atoms with Gasteiger partial charge in [-0.05, 0) is 43.1 Å². The minimum atomic E-state index is -0.125. The predicted octanol–water partition coefficient (Wildman–Crippen LogP) is 5.00. The van der Waals surface area contributed by atoms with Gasteiger partial charge in [0, 0.05) is 18.0 Å². The van der Waals surface area contributed by atoms with Crippen molar-refractivity contribution in [3.05, 3.63) is 48.3 Å². The van der Waals surface area contributed by atoms with Crippen LogP contribution in [0.4, 0.5) is 16.4 Å². The lowest BCUT2D eigenvalue weighted by Crippen LogP contribution is -2.54. The molecule has 1 aromatic heterocycles. The molecule has 0 bridgehead atoms. The van der Waals surface area contributed by atoms with Gasteiger partial charge in [-0.3, -0.25) is 8.01 Å². The Morgan fingerprint density at radius 2 is 1.62 bits per heavy atom. The van der Waals surface area contributed by atoms with Crippen molar-refractivity contribution in [3.63, 3.8) is 0 Å². The first-order valence-corrected chi connectivity index (χ1v) is 13.4. The third-order valence-corrected chi connectivity index (χ3v) is 9.82. The zero-order valence-electron chi connectivity index (χ0n) is 18.4. The van der Waals surface area contributed by atoms with Crippen LogP contribution in [0.15, 0.2) is 42.7 Å². The predicted molar refractivity (Wildman–Crippen MR) is 145 cm³/mol. The number of benzene rings is 1.